The normalized spacial score (nSPS) is 20.8. The highest BCUT2D eigenvalue weighted by Gasteiger charge is 2.05. The van der Waals surface area contributed by atoms with Crippen LogP contribution < -0.4 is 5.32 Å². The summed E-state index contributed by atoms with van der Waals surface area (Å²) in [4.78, 5) is 4.09. The van der Waals surface area contributed by atoms with Crippen LogP contribution in [0.15, 0.2) is 16.8 Å². The minimum atomic E-state index is -0.0532. The molecule has 0 saturated heterocycles. The van der Waals surface area contributed by atoms with Crippen LogP contribution in [0.1, 0.15) is 27.7 Å². The van der Waals surface area contributed by atoms with E-state index in [-0.39, 0.29) is 5.50 Å². The molecular weight excluding hydrogens is 168 g/mol. The van der Waals surface area contributed by atoms with Gasteiger partial charge < -0.3 is 5.32 Å². The lowest BCUT2D eigenvalue weighted by Gasteiger charge is -2.14. The summed E-state index contributed by atoms with van der Waals surface area (Å²) in [5, 5.41) is 3.02. The van der Waals surface area contributed by atoms with Gasteiger partial charge in [-0.2, -0.15) is 0 Å². The molecule has 1 unspecified atom stereocenters. The van der Waals surface area contributed by atoms with E-state index in [0.717, 1.165) is 0 Å². The lowest BCUT2D eigenvalue weighted by Crippen LogP contribution is -2.21. The van der Waals surface area contributed by atoms with Crippen LogP contribution in [-0.4, -0.2) is 11.7 Å². The zero-order valence-electron chi connectivity index (χ0n) is 8.20. The summed E-state index contributed by atoms with van der Waals surface area (Å²) < 4.78 is 0. The molecular formula is C9H18N2S. The molecule has 0 amide bonds. The lowest BCUT2D eigenvalue weighted by molar-refractivity contribution is 0.746. The summed E-state index contributed by atoms with van der Waals surface area (Å²) in [6.07, 6.45) is 3.84. The predicted octanol–water partition coefficient (Wildman–Crippen LogP) is 2.44. The summed E-state index contributed by atoms with van der Waals surface area (Å²) >= 11 is 4.12. The average molecular weight is 186 g/mol. The quantitative estimate of drug-likeness (QED) is 0.604. The highest BCUT2D eigenvalue weighted by molar-refractivity contribution is 7.80. The molecule has 0 bridgehead atoms. The molecule has 0 saturated carbocycles. The molecule has 1 heterocycles. The Kier molecular flexibility index (Phi) is 5.89. The van der Waals surface area contributed by atoms with Crippen molar-refractivity contribution in [2.45, 2.75) is 33.2 Å². The van der Waals surface area contributed by atoms with Crippen LogP contribution in [0.5, 0.6) is 0 Å². The van der Waals surface area contributed by atoms with E-state index in [2.05, 4.69) is 36.8 Å². The van der Waals surface area contributed by atoms with Crippen LogP contribution in [0.2, 0.25) is 0 Å². The number of allylic oxidation sites excluding steroid dienone is 1. The van der Waals surface area contributed by atoms with Crippen molar-refractivity contribution in [1.82, 2.24) is 5.32 Å². The standard InChI is InChI=1S/C7H12N2S.C2H6/c1-5(2)6-3-8-7(10)9-4-6;1-2/h3-5,7-8,10H,1-2H3;1-2H3. The zero-order chi connectivity index (χ0) is 9.56. The molecule has 1 aliphatic rings. The summed E-state index contributed by atoms with van der Waals surface area (Å²) in [6.45, 7) is 8.27. The Balaban J connectivity index is 0.000000561. The second kappa shape index (κ2) is 6.12. The van der Waals surface area contributed by atoms with Gasteiger partial charge in [-0.05, 0) is 11.5 Å². The minimum absolute atomic E-state index is 0.0532. The smallest absolute Gasteiger partial charge is 0.163 e. The van der Waals surface area contributed by atoms with Gasteiger partial charge in [-0.1, -0.05) is 27.7 Å². The van der Waals surface area contributed by atoms with Gasteiger partial charge in [0.1, 0.15) is 0 Å². The van der Waals surface area contributed by atoms with Crippen LogP contribution in [-0.2, 0) is 0 Å². The van der Waals surface area contributed by atoms with E-state index in [1.807, 2.05) is 26.3 Å². The Morgan fingerprint density at radius 3 is 2.42 bits per heavy atom. The molecule has 0 radical (unpaired) electrons. The molecule has 0 aromatic heterocycles. The van der Waals surface area contributed by atoms with Gasteiger partial charge in [0.2, 0.25) is 0 Å². The Morgan fingerprint density at radius 1 is 1.50 bits per heavy atom. The van der Waals surface area contributed by atoms with Gasteiger partial charge in [0.25, 0.3) is 0 Å². The van der Waals surface area contributed by atoms with Crippen LogP contribution in [0.4, 0.5) is 0 Å². The maximum absolute atomic E-state index is 4.12. The number of nitrogens with one attached hydrogen (secondary N) is 1. The second-order valence-electron chi connectivity index (χ2n) is 2.62. The molecule has 0 aromatic carbocycles. The topological polar surface area (TPSA) is 24.4 Å². The fourth-order valence-corrected chi connectivity index (χ4v) is 0.865. The van der Waals surface area contributed by atoms with Gasteiger partial charge in [0, 0.05) is 12.4 Å². The molecule has 3 heteroatoms. The van der Waals surface area contributed by atoms with Gasteiger partial charge in [-0.25, -0.2) is 0 Å². The van der Waals surface area contributed by atoms with Crippen LogP contribution >= 0.6 is 12.6 Å². The first-order valence-corrected chi connectivity index (χ1v) is 4.89. The van der Waals surface area contributed by atoms with Gasteiger partial charge in [0.05, 0.1) is 0 Å². The van der Waals surface area contributed by atoms with E-state index >= 15 is 0 Å². The van der Waals surface area contributed by atoms with E-state index in [9.17, 15) is 0 Å². The first-order valence-electron chi connectivity index (χ1n) is 4.37. The second-order valence-corrected chi connectivity index (χ2v) is 3.11. The molecule has 1 aliphatic heterocycles. The van der Waals surface area contributed by atoms with Crippen molar-refractivity contribution in [2.75, 3.05) is 0 Å². The number of thiol groups is 1. The van der Waals surface area contributed by atoms with E-state index in [1.165, 1.54) is 5.57 Å². The van der Waals surface area contributed by atoms with Crippen LogP contribution in [0, 0.1) is 5.92 Å². The van der Waals surface area contributed by atoms with Crippen LogP contribution in [0.25, 0.3) is 0 Å². The molecule has 1 N–H and O–H groups in total. The molecule has 0 aromatic rings. The Morgan fingerprint density at radius 2 is 2.08 bits per heavy atom. The van der Waals surface area contributed by atoms with Crippen molar-refractivity contribution >= 4 is 18.8 Å². The highest BCUT2D eigenvalue weighted by Crippen LogP contribution is 2.09. The first-order chi connectivity index (χ1) is 5.70. The molecule has 1 rings (SSSR count). The van der Waals surface area contributed by atoms with Crippen molar-refractivity contribution in [2.24, 2.45) is 10.9 Å². The van der Waals surface area contributed by atoms with Gasteiger partial charge in [-0.15, -0.1) is 12.6 Å². The van der Waals surface area contributed by atoms with Crippen molar-refractivity contribution in [3.05, 3.63) is 11.8 Å². The Hall–Kier alpha value is -0.440. The maximum Gasteiger partial charge on any atom is 0.163 e. The monoisotopic (exact) mass is 186 g/mol. The summed E-state index contributed by atoms with van der Waals surface area (Å²) in [5.41, 5.74) is 1.17. The summed E-state index contributed by atoms with van der Waals surface area (Å²) in [6, 6.07) is 0. The fraction of sp³-hybridized carbons (Fsp3) is 0.667. The van der Waals surface area contributed by atoms with Gasteiger partial charge >= 0.3 is 0 Å². The maximum atomic E-state index is 4.12. The van der Waals surface area contributed by atoms with Gasteiger partial charge in [-0.3, -0.25) is 4.99 Å². The van der Waals surface area contributed by atoms with Crippen molar-refractivity contribution in [3.8, 4) is 0 Å². The molecule has 1 atom stereocenters. The number of aliphatic imine (C=N–C) groups is 1. The molecule has 0 spiro atoms. The predicted molar refractivity (Wildman–Crippen MR) is 58.7 cm³/mol. The summed E-state index contributed by atoms with van der Waals surface area (Å²) in [5.74, 6) is 0.539. The largest absolute Gasteiger partial charge is 0.361 e. The Labute approximate surface area is 80.6 Å². The third-order valence-electron chi connectivity index (χ3n) is 1.43. The number of hydrogen-bond donors (Lipinski definition) is 2. The van der Waals surface area contributed by atoms with Crippen molar-refractivity contribution in [1.29, 1.82) is 0 Å². The molecule has 2 nitrogen and oxygen atoms in total. The number of hydrogen-bond acceptors (Lipinski definition) is 3. The van der Waals surface area contributed by atoms with E-state index in [4.69, 9.17) is 0 Å². The third-order valence-corrected chi connectivity index (χ3v) is 1.71. The first kappa shape index (κ1) is 11.6. The van der Waals surface area contributed by atoms with Crippen LogP contribution in [0.3, 0.4) is 0 Å². The molecule has 12 heavy (non-hydrogen) atoms. The average Bonchev–Trinajstić information content (AvgIpc) is 2.09. The van der Waals surface area contributed by atoms with E-state index < -0.39 is 0 Å². The molecule has 70 valence electrons. The Bertz CT molecular complexity index is 173. The number of rotatable bonds is 1. The van der Waals surface area contributed by atoms with Crippen molar-refractivity contribution in [3.63, 3.8) is 0 Å². The molecule has 0 fully saturated rings. The van der Waals surface area contributed by atoms with E-state index in [0.29, 0.717) is 5.92 Å². The van der Waals surface area contributed by atoms with Gasteiger partial charge in [0.15, 0.2) is 5.50 Å². The minimum Gasteiger partial charge on any atom is -0.361 e. The fourth-order valence-electron chi connectivity index (χ4n) is 0.723. The lowest BCUT2D eigenvalue weighted by atomic mass is 10.1. The van der Waals surface area contributed by atoms with E-state index in [1.54, 1.807) is 0 Å². The highest BCUT2D eigenvalue weighted by atomic mass is 32.1. The number of nitrogens with zero attached hydrogens (tertiary/aromatic N) is 1. The third kappa shape index (κ3) is 3.81. The SMILES string of the molecule is CC.CC(C)C1=CNC(S)N=C1. The summed E-state index contributed by atoms with van der Waals surface area (Å²) in [7, 11) is 0. The van der Waals surface area contributed by atoms with Crippen molar-refractivity contribution < 1.29 is 0 Å². The molecule has 0 aliphatic carbocycles. The zero-order valence-corrected chi connectivity index (χ0v) is 9.10.